The van der Waals surface area contributed by atoms with Gasteiger partial charge in [-0.3, -0.25) is 9.59 Å². The minimum Gasteiger partial charge on any atom is -0.450 e. The lowest BCUT2D eigenvalue weighted by atomic mass is 10.1. The minimum atomic E-state index is -0.367. The predicted octanol–water partition coefficient (Wildman–Crippen LogP) is 1.44. The van der Waals surface area contributed by atoms with Gasteiger partial charge in [0.15, 0.2) is 0 Å². The number of rotatable bonds is 2. The first-order valence-corrected chi connectivity index (χ1v) is 7.93. The SMILES string of the molecule is CCOC(=O)N1CCN(C(=O)c2c[nH]c3ccccc3c2=O)CC1. The van der Waals surface area contributed by atoms with Gasteiger partial charge in [0, 0.05) is 43.3 Å². The van der Waals surface area contributed by atoms with Crippen LogP contribution in [-0.4, -0.2) is 59.6 Å². The molecular weight excluding hydrogens is 310 g/mol. The number of H-pyrrole nitrogens is 1. The number of benzene rings is 1. The fourth-order valence-corrected chi connectivity index (χ4v) is 2.80. The molecule has 1 fully saturated rings. The Morgan fingerprint density at radius 2 is 1.79 bits per heavy atom. The molecule has 2 aromatic rings. The average Bonchev–Trinajstić information content (AvgIpc) is 2.62. The molecule has 7 heteroatoms. The first-order valence-electron chi connectivity index (χ1n) is 7.93. The second-order valence-corrected chi connectivity index (χ2v) is 5.56. The number of para-hydroxylation sites is 1. The van der Waals surface area contributed by atoms with Crippen molar-refractivity contribution in [2.75, 3.05) is 32.8 Å². The van der Waals surface area contributed by atoms with E-state index in [0.717, 1.165) is 0 Å². The highest BCUT2D eigenvalue weighted by Crippen LogP contribution is 2.11. The molecule has 0 unspecified atom stereocenters. The molecule has 1 aliphatic rings. The standard InChI is InChI=1S/C17H19N3O4/c1-2-24-17(23)20-9-7-19(8-10-20)16(22)13-11-18-14-6-4-3-5-12(14)15(13)21/h3-6,11H,2,7-10H2,1H3,(H,18,21). The van der Waals surface area contributed by atoms with E-state index < -0.39 is 0 Å². The monoisotopic (exact) mass is 329 g/mol. The van der Waals surface area contributed by atoms with Gasteiger partial charge in [-0.05, 0) is 19.1 Å². The molecule has 0 bridgehead atoms. The lowest BCUT2D eigenvalue weighted by molar-refractivity contribution is 0.0569. The van der Waals surface area contributed by atoms with E-state index in [1.54, 1.807) is 34.9 Å². The van der Waals surface area contributed by atoms with Gasteiger partial charge in [-0.15, -0.1) is 0 Å². The molecule has 0 saturated carbocycles. The van der Waals surface area contributed by atoms with E-state index in [-0.39, 0.29) is 23.0 Å². The fraction of sp³-hybridized carbons (Fsp3) is 0.353. The highest BCUT2D eigenvalue weighted by molar-refractivity contribution is 5.97. The molecule has 1 aromatic heterocycles. The van der Waals surface area contributed by atoms with Crippen molar-refractivity contribution < 1.29 is 14.3 Å². The van der Waals surface area contributed by atoms with E-state index in [2.05, 4.69) is 4.98 Å². The zero-order chi connectivity index (χ0) is 17.1. The van der Waals surface area contributed by atoms with Crippen LogP contribution in [0.4, 0.5) is 4.79 Å². The van der Waals surface area contributed by atoms with Gasteiger partial charge in [0.1, 0.15) is 5.56 Å². The number of nitrogens with one attached hydrogen (secondary N) is 1. The molecule has 126 valence electrons. The largest absolute Gasteiger partial charge is 0.450 e. The Morgan fingerprint density at radius 3 is 2.50 bits per heavy atom. The van der Waals surface area contributed by atoms with Gasteiger partial charge in [-0.1, -0.05) is 12.1 Å². The van der Waals surface area contributed by atoms with Crippen LogP contribution in [0.15, 0.2) is 35.3 Å². The topological polar surface area (TPSA) is 82.7 Å². The Labute approximate surface area is 138 Å². The van der Waals surface area contributed by atoms with Crippen molar-refractivity contribution in [3.05, 3.63) is 46.2 Å². The van der Waals surface area contributed by atoms with Gasteiger partial charge in [0.05, 0.1) is 6.61 Å². The number of amides is 2. The Balaban J connectivity index is 1.75. The number of aromatic amines is 1. The molecule has 1 saturated heterocycles. The molecular formula is C17H19N3O4. The zero-order valence-electron chi connectivity index (χ0n) is 13.4. The number of hydrogen-bond donors (Lipinski definition) is 1. The molecule has 0 atom stereocenters. The second kappa shape index (κ2) is 6.74. The van der Waals surface area contributed by atoms with Crippen LogP contribution in [0, 0.1) is 0 Å². The number of hydrogen-bond acceptors (Lipinski definition) is 4. The summed E-state index contributed by atoms with van der Waals surface area (Å²) >= 11 is 0. The van der Waals surface area contributed by atoms with Gasteiger partial charge < -0.3 is 19.5 Å². The molecule has 0 aliphatic carbocycles. The van der Waals surface area contributed by atoms with Crippen LogP contribution in [0.25, 0.3) is 10.9 Å². The highest BCUT2D eigenvalue weighted by atomic mass is 16.6. The molecule has 24 heavy (non-hydrogen) atoms. The van der Waals surface area contributed by atoms with Crippen LogP contribution in [0.1, 0.15) is 17.3 Å². The third kappa shape index (κ3) is 2.97. The van der Waals surface area contributed by atoms with E-state index in [1.807, 2.05) is 6.07 Å². The van der Waals surface area contributed by atoms with Gasteiger partial charge in [-0.2, -0.15) is 0 Å². The van der Waals surface area contributed by atoms with Crippen LogP contribution in [0.2, 0.25) is 0 Å². The van der Waals surface area contributed by atoms with Crippen molar-refractivity contribution in [3.8, 4) is 0 Å². The van der Waals surface area contributed by atoms with E-state index in [0.29, 0.717) is 43.7 Å². The summed E-state index contributed by atoms with van der Waals surface area (Å²) < 4.78 is 4.96. The molecule has 1 N–H and O–H groups in total. The lowest BCUT2D eigenvalue weighted by Gasteiger charge is -2.33. The molecule has 1 aliphatic heterocycles. The normalized spacial score (nSPS) is 14.7. The van der Waals surface area contributed by atoms with Crippen molar-refractivity contribution in [2.24, 2.45) is 0 Å². The zero-order valence-corrected chi connectivity index (χ0v) is 13.4. The second-order valence-electron chi connectivity index (χ2n) is 5.56. The van der Waals surface area contributed by atoms with Gasteiger partial charge in [-0.25, -0.2) is 4.79 Å². The average molecular weight is 329 g/mol. The van der Waals surface area contributed by atoms with Crippen molar-refractivity contribution in [3.63, 3.8) is 0 Å². The maximum absolute atomic E-state index is 12.6. The van der Waals surface area contributed by atoms with Gasteiger partial charge >= 0.3 is 6.09 Å². The third-order valence-corrected chi connectivity index (χ3v) is 4.11. The van der Waals surface area contributed by atoms with Gasteiger partial charge in [0.25, 0.3) is 5.91 Å². The van der Waals surface area contributed by atoms with Crippen molar-refractivity contribution >= 4 is 22.9 Å². The number of carbonyl (C=O) groups excluding carboxylic acids is 2. The Hall–Kier alpha value is -2.83. The summed E-state index contributed by atoms with van der Waals surface area (Å²) in [5, 5.41) is 0.494. The van der Waals surface area contributed by atoms with E-state index in [9.17, 15) is 14.4 Å². The van der Waals surface area contributed by atoms with Crippen molar-refractivity contribution in [1.82, 2.24) is 14.8 Å². The summed E-state index contributed by atoms with van der Waals surface area (Å²) in [4.78, 5) is 43.0. The Morgan fingerprint density at radius 1 is 1.12 bits per heavy atom. The predicted molar refractivity (Wildman–Crippen MR) is 89.1 cm³/mol. The summed E-state index contributed by atoms with van der Waals surface area (Å²) in [5.74, 6) is -0.314. The number of nitrogens with zero attached hydrogens (tertiary/aromatic N) is 2. The quantitative estimate of drug-likeness (QED) is 0.904. The third-order valence-electron chi connectivity index (χ3n) is 4.11. The molecule has 1 aromatic carbocycles. The molecule has 0 radical (unpaired) electrons. The molecule has 7 nitrogen and oxygen atoms in total. The maximum Gasteiger partial charge on any atom is 0.409 e. The van der Waals surface area contributed by atoms with Crippen LogP contribution in [0.3, 0.4) is 0 Å². The number of piperazine rings is 1. The van der Waals surface area contributed by atoms with Crippen molar-refractivity contribution in [1.29, 1.82) is 0 Å². The first kappa shape index (κ1) is 16.0. The van der Waals surface area contributed by atoms with Crippen LogP contribution < -0.4 is 5.43 Å². The smallest absolute Gasteiger partial charge is 0.409 e. The van der Waals surface area contributed by atoms with E-state index in [4.69, 9.17) is 4.74 Å². The summed E-state index contributed by atoms with van der Waals surface area (Å²) in [6, 6.07) is 7.09. The number of fused-ring (bicyclic) bond motifs is 1. The number of ether oxygens (including phenoxy) is 1. The van der Waals surface area contributed by atoms with E-state index in [1.165, 1.54) is 6.20 Å². The summed E-state index contributed by atoms with van der Waals surface area (Å²) in [7, 11) is 0. The minimum absolute atomic E-state index is 0.123. The molecule has 2 heterocycles. The number of pyridine rings is 1. The molecule has 3 rings (SSSR count). The lowest BCUT2D eigenvalue weighted by Crippen LogP contribution is -2.51. The van der Waals surface area contributed by atoms with Crippen LogP contribution in [-0.2, 0) is 4.74 Å². The van der Waals surface area contributed by atoms with Gasteiger partial charge in [0.2, 0.25) is 5.43 Å². The maximum atomic E-state index is 12.6. The highest BCUT2D eigenvalue weighted by Gasteiger charge is 2.26. The fourth-order valence-electron chi connectivity index (χ4n) is 2.80. The first-order chi connectivity index (χ1) is 11.6. The number of carbonyl (C=O) groups is 2. The number of aromatic nitrogens is 1. The van der Waals surface area contributed by atoms with E-state index >= 15 is 0 Å². The summed E-state index contributed by atoms with van der Waals surface area (Å²) in [6.07, 6.45) is 1.10. The van der Waals surface area contributed by atoms with Crippen LogP contribution >= 0.6 is 0 Å². The summed E-state index contributed by atoms with van der Waals surface area (Å²) in [5.41, 5.74) is 0.548. The van der Waals surface area contributed by atoms with Crippen LogP contribution in [0.5, 0.6) is 0 Å². The summed E-state index contributed by atoms with van der Waals surface area (Å²) in [6.45, 7) is 3.63. The molecule has 0 spiro atoms. The van der Waals surface area contributed by atoms with Crippen molar-refractivity contribution in [2.45, 2.75) is 6.92 Å². The Kier molecular flexibility index (Phi) is 4.50. The molecule has 2 amide bonds. The Bertz CT molecular complexity index is 822.